The average molecular weight is 277 g/mol. The number of aromatic nitrogens is 3. The number of rotatable bonds is 5. The SMILES string of the molecule is Cc1cc(F)cc(C(Cc2ncnn2C(C)C)NN)c1. The van der Waals surface area contributed by atoms with E-state index < -0.39 is 0 Å². The van der Waals surface area contributed by atoms with Crippen LogP contribution in [0.25, 0.3) is 0 Å². The topological polar surface area (TPSA) is 68.8 Å². The second kappa shape index (κ2) is 6.11. The number of halogens is 1. The summed E-state index contributed by atoms with van der Waals surface area (Å²) >= 11 is 0. The van der Waals surface area contributed by atoms with E-state index in [0.717, 1.165) is 17.0 Å². The normalized spacial score (nSPS) is 12.9. The van der Waals surface area contributed by atoms with Gasteiger partial charge in [-0.3, -0.25) is 11.3 Å². The molecule has 20 heavy (non-hydrogen) atoms. The molecule has 0 aliphatic carbocycles. The summed E-state index contributed by atoms with van der Waals surface area (Å²) in [5, 5.41) is 4.19. The molecular formula is C14H20FN5. The van der Waals surface area contributed by atoms with Crippen molar-refractivity contribution in [3.8, 4) is 0 Å². The van der Waals surface area contributed by atoms with Gasteiger partial charge in [-0.25, -0.2) is 14.1 Å². The van der Waals surface area contributed by atoms with E-state index >= 15 is 0 Å². The lowest BCUT2D eigenvalue weighted by Crippen LogP contribution is -2.30. The number of nitrogens with two attached hydrogens (primary N) is 1. The molecule has 0 saturated carbocycles. The Balaban J connectivity index is 2.26. The third-order valence-corrected chi connectivity index (χ3v) is 3.19. The van der Waals surface area contributed by atoms with Crippen molar-refractivity contribution < 1.29 is 4.39 Å². The van der Waals surface area contributed by atoms with Crippen LogP contribution in [0.15, 0.2) is 24.5 Å². The molecule has 0 saturated heterocycles. The zero-order valence-electron chi connectivity index (χ0n) is 12.0. The summed E-state index contributed by atoms with van der Waals surface area (Å²) in [5.41, 5.74) is 4.40. The van der Waals surface area contributed by atoms with Gasteiger partial charge in [-0.2, -0.15) is 5.10 Å². The molecule has 2 aromatic rings. The highest BCUT2D eigenvalue weighted by molar-refractivity contribution is 5.26. The molecule has 0 bridgehead atoms. The van der Waals surface area contributed by atoms with Crippen molar-refractivity contribution in [1.82, 2.24) is 20.2 Å². The second-order valence-electron chi connectivity index (χ2n) is 5.20. The van der Waals surface area contributed by atoms with Gasteiger partial charge in [0.15, 0.2) is 0 Å². The van der Waals surface area contributed by atoms with Gasteiger partial charge in [0, 0.05) is 12.5 Å². The third kappa shape index (κ3) is 3.20. The summed E-state index contributed by atoms with van der Waals surface area (Å²) in [6.45, 7) is 5.93. The molecular weight excluding hydrogens is 257 g/mol. The van der Waals surface area contributed by atoms with Gasteiger partial charge >= 0.3 is 0 Å². The Kier molecular flexibility index (Phi) is 4.46. The van der Waals surface area contributed by atoms with Crippen molar-refractivity contribution in [1.29, 1.82) is 0 Å². The smallest absolute Gasteiger partial charge is 0.138 e. The van der Waals surface area contributed by atoms with E-state index in [2.05, 4.69) is 15.5 Å². The van der Waals surface area contributed by atoms with Gasteiger partial charge in [-0.15, -0.1) is 0 Å². The molecule has 5 nitrogen and oxygen atoms in total. The van der Waals surface area contributed by atoms with Gasteiger partial charge in [-0.1, -0.05) is 6.07 Å². The van der Waals surface area contributed by atoms with Gasteiger partial charge < -0.3 is 0 Å². The first-order valence-corrected chi connectivity index (χ1v) is 6.63. The van der Waals surface area contributed by atoms with E-state index in [1.807, 2.05) is 31.5 Å². The average Bonchev–Trinajstić information content (AvgIpc) is 2.82. The first-order chi connectivity index (χ1) is 9.51. The van der Waals surface area contributed by atoms with Crippen LogP contribution in [0.2, 0.25) is 0 Å². The maximum atomic E-state index is 13.5. The summed E-state index contributed by atoms with van der Waals surface area (Å²) in [5.74, 6) is 6.18. The van der Waals surface area contributed by atoms with Crippen molar-refractivity contribution in [2.75, 3.05) is 0 Å². The molecule has 0 amide bonds. The highest BCUT2D eigenvalue weighted by atomic mass is 19.1. The van der Waals surface area contributed by atoms with Crippen LogP contribution >= 0.6 is 0 Å². The molecule has 1 heterocycles. The molecule has 0 aliphatic rings. The molecule has 1 aromatic heterocycles. The number of aryl methyl sites for hydroxylation is 1. The van der Waals surface area contributed by atoms with Crippen molar-refractivity contribution in [3.05, 3.63) is 47.3 Å². The summed E-state index contributed by atoms with van der Waals surface area (Å²) < 4.78 is 15.4. The Morgan fingerprint density at radius 3 is 2.70 bits per heavy atom. The van der Waals surface area contributed by atoms with Crippen molar-refractivity contribution >= 4 is 0 Å². The van der Waals surface area contributed by atoms with Gasteiger partial charge in [-0.05, 0) is 44.0 Å². The van der Waals surface area contributed by atoms with Crippen LogP contribution in [0.3, 0.4) is 0 Å². The summed E-state index contributed by atoms with van der Waals surface area (Å²) in [7, 11) is 0. The first-order valence-electron chi connectivity index (χ1n) is 6.63. The van der Waals surface area contributed by atoms with Crippen molar-refractivity contribution in [2.45, 2.75) is 39.3 Å². The van der Waals surface area contributed by atoms with Gasteiger partial charge in [0.05, 0.1) is 6.04 Å². The highest BCUT2D eigenvalue weighted by Crippen LogP contribution is 2.20. The molecule has 0 aliphatic heterocycles. The van der Waals surface area contributed by atoms with E-state index in [1.165, 1.54) is 18.5 Å². The fourth-order valence-corrected chi connectivity index (χ4v) is 2.27. The number of hydrazine groups is 1. The lowest BCUT2D eigenvalue weighted by atomic mass is 10.0. The lowest BCUT2D eigenvalue weighted by Gasteiger charge is -2.18. The van der Waals surface area contributed by atoms with Gasteiger partial charge in [0.2, 0.25) is 0 Å². The van der Waals surface area contributed by atoms with Crippen LogP contribution in [0.4, 0.5) is 4.39 Å². The molecule has 3 N–H and O–H groups in total. The highest BCUT2D eigenvalue weighted by Gasteiger charge is 2.16. The molecule has 0 fully saturated rings. The minimum atomic E-state index is -0.259. The van der Waals surface area contributed by atoms with E-state index in [4.69, 9.17) is 5.84 Å². The fraction of sp³-hybridized carbons (Fsp3) is 0.429. The number of nitrogens with one attached hydrogen (secondary N) is 1. The summed E-state index contributed by atoms with van der Waals surface area (Å²) in [6, 6.07) is 4.93. The van der Waals surface area contributed by atoms with Crippen LogP contribution in [0.1, 0.15) is 42.9 Å². The lowest BCUT2D eigenvalue weighted by molar-refractivity contribution is 0.467. The van der Waals surface area contributed by atoms with Crippen LogP contribution in [0.5, 0.6) is 0 Å². The van der Waals surface area contributed by atoms with E-state index in [-0.39, 0.29) is 17.9 Å². The Bertz CT molecular complexity index is 558. The van der Waals surface area contributed by atoms with Crippen LogP contribution in [-0.2, 0) is 6.42 Å². The standard InChI is InChI=1S/C14H20FN5/c1-9(2)20-14(17-8-18-20)7-13(19-16)11-4-10(3)5-12(15)6-11/h4-6,8-9,13,19H,7,16H2,1-3H3. The Labute approximate surface area is 118 Å². The van der Waals surface area contributed by atoms with Crippen LogP contribution in [0, 0.1) is 12.7 Å². The second-order valence-corrected chi connectivity index (χ2v) is 5.20. The minimum Gasteiger partial charge on any atom is -0.271 e. The zero-order valence-corrected chi connectivity index (χ0v) is 12.0. The van der Waals surface area contributed by atoms with Crippen molar-refractivity contribution in [2.24, 2.45) is 5.84 Å². The largest absolute Gasteiger partial charge is 0.271 e. The van der Waals surface area contributed by atoms with E-state index in [9.17, 15) is 4.39 Å². The Hall–Kier alpha value is -1.79. The first kappa shape index (κ1) is 14.6. The van der Waals surface area contributed by atoms with Gasteiger partial charge in [0.25, 0.3) is 0 Å². The molecule has 1 unspecified atom stereocenters. The van der Waals surface area contributed by atoms with E-state index in [1.54, 1.807) is 0 Å². The molecule has 6 heteroatoms. The fourth-order valence-electron chi connectivity index (χ4n) is 2.27. The quantitative estimate of drug-likeness (QED) is 0.648. The van der Waals surface area contributed by atoms with Crippen LogP contribution in [-0.4, -0.2) is 14.8 Å². The zero-order chi connectivity index (χ0) is 14.7. The maximum absolute atomic E-state index is 13.5. The molecule has 0 radical (unpaired) electrons. The predicted molar refractivity (Wildman–Crippen MR) is 75.3 cm³/mol. The molecule has 108 valence electrons. The third-order valence-electron chi connectivity index (χ3n) is 3.19. The van der Waals surface area contributed by atoms with Gasteiger partial charge in [0.1, 0.15) is 18.0 Å². The molecule has 0 spiro atoms. The summed E-state index contributed by atoms with van der Waals surface area (Å²) in [4.78, 5) is 4.26. The van der Waals surface area contributed by atoms with Crippen LogP contribution < -0.4 is 11.3 Å². The minimum absolute atomic E-state index is 0.203. The molecule has 1 atom stereocenters. The van der Waals surface area contributed by atoms with Crippen molar-refractivity contribution in [3.63, 3.8) is 0 Å². The van der Waals surface area contributed by atoms with E-state index in [0.29, 0.717) is 6.42 Å². The number of hydrogen-bond donors (Lipinski definition) is 2. The Morgan fingerprint density at radius 1 is 1.35 bits per heavy atom. The maximum Gasteiger partial charge on any atom is 0.138 e. The molecule has 2 rings (SSSR count). The molecule has 1 aromatic carbocycles. The Morgan fingerprint density at radius 2 is 2.10 bits per heavy atom. The monoisotopic (exact) mass is 277 g/mol. The number of hydrogen-bond acceptors (Lipinski definition) is 4. The number of nitrogens with zero attached hydrogens (tertiary/aromatic N) is 3. The predicted octanol–water partition coefficient (Wildman–Crippen LogP) is 2.05. The number of benzene rings is 1. The summed E-state index contributed by atoms with van der Waals surface area (Å²) in [6.07, 6.45) is 2.08.